The van der Waals surface area contributed by atoms with Crippen LogP contribution < -0.4 is 5.01 Å². The lowest BCUT2D eigenvalue weighted by Gasteiger charge is -2.11. The topological polar surface area (TPSA) is 126 Å². The van der Waals surface area contributed by atoms with Crippen molar-refractivity contribution in [2.45, 2.75) is 13.1 Å². The number of nitro benzene ring substituents is 1. The molecular formula is C23H14F3N3O6. The summed E-state index contributed by atoms with van der Waals surface area (Å²) in [5.74, 6) is -2.27. The van der Waals surface area contributed by atoms with Crippen molar-refractivity contribution in [3.8, 4) is 11.3 Å². The van der Waals surface area contributed by atoms with Gasteiger partial charge in [-0.2, -0.15) is 23.3 Å². The Hall–Kier alpha value is -4.74. The van der Waals surface area contributed by atoms with Crippen LogP contribution >= 0.6 is 0 Å². The van der Waals surface area contributed by atoms with E-state index in [0.29, 0.717) is 16.1 Å². The summed E-state index contributed by atoms with van der Waals surface area (Å²) in [4.78, 5) is 34.3. The number of furan rings is 1. The quantitative estimate of drug-likeness (QED) is 0.300. The van der Waals surface area contributed by atoms with E-state index >= 15 is 0 Å². The van der Waals surface area contributed by atoms with Crippen LogP contribution in [0.5, 0.6) is 0 Å². The summed E-state index contributed by atoms with van der Waals surface area (Å²) in [6.07, 6.45) is -4.08. The van der Waals surface area contributed by atoms with Gasteiger partial charge in [-0.15, -0.1) is 0 Å². The number of hydrogen-bond acceptors (Lipinski definition) is 6. The fraction of sp³-hybridized carbons (Fsp3) is 0.0870. The molecule has 12 heteroatoms. The molecule has 0 saturated carbocycles. The Balaban J connectivity index is 1.71. The minimum absolute atomic E-state index is 0.0579. The Morgan fingerprint density at radius 3 is 2.43 bits per heavy atom. The third-order valence-corrected chi connectivity index (χ3v) is 5.12. The molecule has 1 aromatic heterocycles. The van der Waals surface area contributed by atoms with E-state index in [-0.39, 0.29) is 28.5 Å². The predicted molar refractivity (Wildman–Crippen MR) is 118 cm³/mol. The zero-order valence-electron chi connectivity index (χ0n) is 17.7. The van der Waals surface area contributed by atoms with Gasteiger partial charge in [0.1, 0.15) is 11.5 Å². The molecule has 1 aliphatic heterocycles. The van der Waals surface area contributed by atoms with Crippen molar-refractivity contribution in [1.29, 1.82) is 0 Å². The molecule has 0 aliphatic carbocycles. The number of aromatic carboxylic acids is 1. The standard InChI is InChI=1S/C23H14F3N3O6/c1-12-2-5-15(29(33)34)10-17(12)19-9-8-16(35-19)11-18-20(23(24,25)26)27-28(21(18)30)14-6-3-13(4-7-14)22(31)32/h2-11H,1H3,(H,31,32). The number of halogens is 3. The highest BCUT2D eigenvalue weighted by Gasteiger charge is 2.47. The van der Waals surface area contributed by atoms with Gasteiger partial charge in [0.05, 0.1) is 21.7 Å². The van der Waals surface area contributed by atoms with E-state index in [1.54, 1.807) is 6.92 Å². The molecule has 9 nitrogen and oxygen atoms in total. The van der Waals surface area contributed by atoms with Crippen molar-refractivity contribution in [3.63, 3.8) is 0 Å². The SMILES string of the molecule is Cc1ccc([N+](=O)[O-])cc1-c1ccc(C=C2C(=O)N(c3ccc(C(=O)O)cc3)N=C2C(F)(F)F)o1. The molecule has 35 heavy (non-hydrogen) atoms. The van der Waals surface area contributed by atoms with E-state index in [9.17, 15) is 32.9 Å². The number of nitro groups is 1. The maximum absolute atomic E-state index is 13.7. The maximum atomic E-state index is 13.7. The van der Waals surface area contributed by atoms with Gasteiger partial charge in [0, 0.05) is 17.7 Å². The second-order valence-electron chi connectivity index (χ2n) is 7.43. The molecule has 1 amide bonds. The van der Waals surface area contributed by atoms with Crippen LogP contribution in [0, 0.1) is 17.0 Å². The summed E-state index contributed by atoms with van der Waals surface area (Å²) in [6.45, 7) is 1.68. The predicted octanol–water partition coefficient (Wildman–Crippen LogP) is 5.21. The van der Waals surface area contributed by atoms with Gasteiger partial charge < -0.3 is 9.52 Å². The molecule has 4 rings (SSSR count). The summed E-state index contributed by atoms with van der Waals surface area (Å²) >= 11 is 0. The number of benzene rings is 2. The highest BCUT2D eigenvalue weighted by atomic mass is 19.4. The summed E-state index contributed by atoms with van der Waals surface area (Å²) < 4.78 is 46.6. The Morgan fingerprint density at radius 1 is 1.14 bits per heavy atom. The van der Waals surface area contributed by atoms with E-state index in [1.807, 2.05) is 0 Å². The highest BCUT2D eigenvalue weighted by molar-refractivity contribution is 6.34. The van der Waals surface area contributed by atoms with Gasteiger partial charge in [0.25, 0.3) is 11.6 Å². The van der Waals surface area contributed by atoms with Crippen LogP contribution in [0.3, 0.4) is 0 Å². The van der Waals surface area contributed by atoms with E-state index in [4.69, 9.17) is 9.52 Å². The van der Waals surface area contributed by atoms with Crippen LogP contribution in [-0.2, 0) is 4.79 Å². The molecule has 0 spiro atoms. The number of carboxylic acid groups (broad SMARTS) is 1. The third kappa shape index (κ3) is 4.53. The Morgan fingerprint density at radius 2 is 1.83 bits per heavy atom. The number of alkyl halides is 3. The summed E-state index contributed by atoms with van der Waals surface area (Å²) in [5, 5.41) is 24.0. The van der Waals surface area contributed by atoms with Gasteiger partial charge in [-0.1, -0.05) is 6.07 Å². The Labute approximate surface area is 194 Å². The van der Waals surface area contributed by atoms with Crippen molar-refractivity contribution in [2.75, 3.05) is 5.01 Å². The van der Waals surface area contributed by atoms with Crippen LogP contribution in [0.15, 0.2) is 69.7 Å². The van der Waals surface area contributed by atoms with E-state index in [1.165, 1.54) is 30.3 Å². The number of amides is 1. The Kier molecular flexibility index (Phi) is 5.73. The van der Waals surface area contributed by atoms with Crippen molar-refractivity contribution in [2.24, 2.45) is 5.10 Å². The van der Waals surface area contributed by atoms with Gasteiger partial charge >= 0.3 is 12.1 Å². The lowest BCUT2D eigenvalue weighted by molar-refractivity contribution is -0.384. The van der Waals surface area contributed by atoms with Gasteiger partial charge in [0.15, 0.2) is 5.71 Å². The number of carbonyl (C=O) groups excluding carboxylic acids is 1. The number of anilines is 1. The van der Waals surface area contributed by atoms with Crippen molar-refractivity contribution in [1.82, 2.24) is 0 Å². The molecule has 0 saturated heterocycles. The van der Waals surface area contributed by atoms with Gasteiger partial charge in [-0.3, -0.25) is 14.9 Å². The van der Waals surface area contributed by atoms with Gasteiger partial charge in [0.2, 0.25) is 0 Å². The van der Waals surface area contributed by atoms with Crippen LogP contribution in [-0.4, -0.2) is 33.8 Å². The minimum Gasteiger partial charge on any atom is -0.478 e. The number of nitrogens with zero attached hydrogens (tertiary/aromatic N) is 3. The first kappa shape index (κ1) is 23.4. The molecule has 1 N–H and O–H groups in total. The number of non-ortho nitro benzene ring substituents is 1. The minimum atomic E-state index is -4.97. The molecule has 2 aromatic carbocycles. The lowest BCUT2D eigenvalue weighted by Crippen LogP contribution is -2.25. The lowest BCUT2D eigenvalue weighted by atomic mass is 10.1. The number of aryl methyl sites for hydroxylation is 1. The van der Waals surface area contributed by atoms with E-state index in [0.717, 1.165) is 30.3 Å². The fourth-order valence-corrected chi connectivity index (χ4v) is 3.38. The van der Waals surface area contributed by atoms with Crippen LogP contribution in [0.2, 0.25) is 0 Å². The van der Waals surface area contributed by atoms with Crippen LogP contribution in [0.25, 0.3) is 17.4 Å². The largest absolute Gasteiger partial charge is 0.478 e. The Bertz CT molecular complexity index is 1420. The second kappa shape index (κ2) is 8.56. The summed E-state index contributed by atoms with van der Waals surface area (Å²) in [5.41, 5.74) is -1.59. The number of hydrazone groups is 1. The molecule has 178 valence electrons. The smallest absolute Gasteiger partial charge is 0.435 e. The van der Waals surface area contributed by atoms with Crippen LogP contribution in [0.1, 0.15) is 21.7 Å². The van der Waals surface area contributed by atoms with E-state index < -0.39 is 34.3 Å². The molecular weight excluding hydrogens is 471 g/mol. The maximum Gasteiger partial charge on any atom is 0.435 e. The number of carbonyl (C=O) groups is 2. The zero-order valence-corrected chi connectivity index (χ0v) is 17.7. The van der Waals surface area contributed by atoms with Gasteiger partial charge in [-0.05, 0) is 55.0 Å². The zero-order chi connectivity index (χ0) is 25.5. The second-order valence-corrected chi connectivity index (χ2v) is 7.43. The fourth-order valence-electron chi connectivity index (χ4n) is 3.38. The normalized spacial score (nSPS) is 15.0. The average molecular weight is 485 g/mol. The molecule has 0 fully saturated rings. The van der Waals surface area contributed by atoms with Crippen molar-refractivity contribution in [3.05, 3.63) is 87.2 Å². The molecule has 0 bridgehead atoms. The summed E-state index contributed by atoms with van der Waals surface area (Å²) in [6, 6.07) is 11.4. The number of rotatable bonds is 5. The van der Waals surface area contributed by atoms with Crippen molar-refractivity contribution >= 4 is 35.0 Å². The summed E-state index contributed by atoms with van der Waals surface area (Å²) in [7, 11) is 0. The monoisotopic (exact) mass is 485 g/mol. The van der Waals surface area contributed by atoms with E-state index in [2.05, 4.69) is 5.10 Å². The molecule has 0 radical (unpaired) electrons. The first-order chi connectivity index (χ1) is 16.5. The third-order valence-electron chi connectivity index (χ3n) is 5.12. The van der Waals surface area contributed by atoms with Crippen molar-refractivity contribution < 1.29 is 37.2 Å². The number of carboxylic acids is 1. The number of hydrogen-bond donors (Lipinski definition) is 1. The molecule has 3 aromatic rings. The molecule has 0 unspecified atom stereocenters. The van der Waals surface area contributed by atoms with Crippen LogP contribution in [0.4, 0.5) is 24.5 Å². The molecule has 2 heterocycles. The average Bonchev–Trinajstić information content (AvgIpc) is 3.39. The first-order valence-electron chi connectivity index (χ1n) is 9.86. The first-order valence-corrected chi connectivity index (χ1v) is 9.86. The molecule has 0 atom stereocenters. The highest BCUT2D eigenvalue weighted by Crippen LogP contribution is 2.34. The van der Waals surface area contributed by atoms with Gasteiger partial charge in [-0.25, -0.2) is 4.79 Å². The molecule has 1 aliphatic rings.